The number of hydrogen-bond acceptors (Lipinski definition) is 5. The molecule has 2 fully saturated rings. The molecule has 5 rings (SSSR count). The molecule has 0 spiro atoms. The van der Waals surface area contributed by atoms with Crippen LogP contribution in [-0.4, -0.2) is 57.3 Å². The third-order valence-electron chi connectivity index (χ3n) is 7.00. The zero-order valence-corrected chi connectivity index (χ0v) is 20.8. The van der Waals surface area contributed by atoms with Gasteiger partial charge in [0.05, 0.1) is 43.8 Å². The average molecular weight is 480 g/mol. The van der Waals surface area contributed by atoms with Gasteiger partial charge in [-0.25, -0.2) is 0 Å². The lowest BCUT2D eigenvalue weighted by Crippen LogP contribution is -2.37. The maximum absolute atomic E-state index is 5.82. The molecule has 5 heterocycles. The number of pyridine rings is 1. The molecule has 1 N–H and O–H groups in total. The quantitative estimate of drug-likeness (QED) is 0.490. The summed E-state index contributed by atoms with van der Waals surface area (Å²) < 4.78 is 13.6. The van der Waals surface area contributed by atoms with E-state index >= 15 is 0 Å². The van der Waals surface area contributed by atoms with Crippen LogP contribution in [0.2, 0.25) is 0 Å². The van der Waals surface area contributed by atoms with Crippen molar-refractivity contribution in [1.82, 2.24) is 24.7 Å². The van der Waals surface area contributed by atoms with Crippen LogP contribution in [-0.2, 0) is 17.8 Å². The first-order chi connectivity index (χ1) is 16.6. The monoisotopic (exact) mass is 479 g/mol. The van der Waals surface area contributed by atoms with Gasteiger partial charge in [0.2, 0.25) is 0 Å². The Morgan fingerprint density at radius 1 is 1.12 bits per heavy atom. The molecule has 2 saturated heterocycles. The molecule has 0 bridgehead atoms. The minimum Gasteiger partial charge on any atom is -0.467 e. The Balaban J connectivity index is 1.41. The highest BCUT2D eigenvalue weighted by Gasteiger charge is 2.41. The standard InChI is InChI=1S/C26H33N5O2S/c1-19-17-22(20(2)30(19)11-6-10-29-12-15-32-16-13-29)25-24(23-8-3-4-9-27-23)28-26(34)31(25)18-21-7-5-14-33-21/h3-5,7-9,14,17,24-25H,6,10-13,15-16,18H2,1-2H3,(H,28,34)/t24-,25-/m0/s1. The molecule has 0 unspecified atom stereocenters. The lowest BCUT2D eigenvalue weighted by atomic mass is 9.96. The Labute approximate surface area is 206 Å². The zero-order chi connectivity index (χ0) is 23.5. The van der Waals surface area contributed by atoms with Crippen molar-refractivity contribution in [2.45, 2.75) is 45.4 Å². The number of thiocarbonyl (C=S) groups is 1. The van der Waals surface area contributed by atoms with Crippen LogP contribution in [0, 0.1) is 13.8 Å². The number of aromatic nitrogens is 2. The molecule has 8 heteroatoms. The first kappa shape index (κ1) is 23.1. The predicted molar refractivity (Wildman–Crippen MR) is 135 cm³/mol. The van der Waals surface area contributed by atoms with Gasteiger partial charge in [0.1, 0.15) is 5.76 Å². The molecular formula is C26H33N5O2S. The van der Waals surface area contributed by atoms with E-state index < -0.39 is 0 Å². The van der Waals surface area contributed by atoms with E-state index in [4.69, 9.17) is 21.4 Å². The van der Waals surface area contributed by atoms with Crippen molar-refractivity contribution >= 4 is 17.3 Å². The van der Waals surface area contributed by atoms with Gasteiger partial charge in [0, 0.05) is 43.8 Å². The topological polar surface area (TPSA) is 58.7 Å². The molecule has 0 saturated carbocycles. The van der Waals surface area contributed by atoms with Gasteiger partial charge >= 0.3 is 0 Å². The molecule has 0 aromatic carbocycles. The first-order valence-corrected chi connectivity index (χ1v) is 12.5. The van der Waals surface area contributed by atoms with Crippen molar-refractivity contribution in [3.63, 3.8) is 0 Å². The fraction of sp³-hybridized carbons (Fsp3) is 0.462. The molecule has 3 aromatic rings. The van der Waals surface area contributed by atoms with Gasteiger partial charge in [-0.2, -0.15) is 0 Å². The number of ether oxygens (including phenoxy) is 1. The minimum absolute atomic E-state index is 0.0223. The summed E-state index contributed by atoms with van der Waals surface area (Å²) in [5.74, 6) is 0.898. The van der Waals surface area contributed by atoms with Gasteiger partial charge in [-0.15, -0.1) is 0 Å². The SMILES string of the molecule is Cc1cc([C@H]2[C@H](c3ccccn3)NC(=S)N2Cc2ccco2)c(C)n1CCCN1CCOCC1. The lowest BCUT2D eigenvalue weighted by molar-refractivity contribution is 0.0369. The van der Waals surface area contributed by atoms with E-state index in [1.54, 1.807) is 6.26 Å². The molecule has 0 radical (unpaired) electrons. The van der Waals surface area contributed by atoms with Crippen molar-refractivity contribution in [3.05, 3.63) is 77.3 Å². The van der Waals surface area contributed by atoms with Crippen LogP contribution in [0.3, 0.4) is 0 Å². The van der Waals surface area contributed by atoms with Crippen LogP contribution >= 0.6 is 12.2 Å². The maximum atomic E-state index is 5.82. The van der Waals surface area contributed by atoms with E-state index in [9.17, 15) is 0 Å². The van der Waals surface area contributed by atoms with E-state index in [1.165, 1.54) is 17.0 Å². The summed E-state index contributed by atoms with van der Waals surface area (Å²) in [5.41, 5.74) is 4.86. The molecule has 180 valence electrons. The normalized spacial score (nSPS) is 21.2. The summed E-state index contributed by atoms with van der Waals surface area (Å²) in [5, 5.41) is 4.28. The number of nitrogens with zero attached hydrogens (tertiary/aromatic N) is 4. The summed E-state index contributed by atoms with van der Waals surface area (Å²) in [6.07, 6.45) is 4.69. The second-order valence-corrected chi connectivity index (χ2v) is 9.51. The highest BCUT2D eigenvalue weighted by molar-refractivity contribution is 7.80. The van der Waals surface area contributed by atoms with Crippen molar-refractivity contribution in [1.29, 1.82) is 0 Å². The smallest absolute Gasteiger partial charge is 0.170 e. The van der Waals surface area contributed by atoms with Gasteiger partial charge in [0.15, 0.2) is 5.11 Å². The van der Waals surface area contributed by atoms with E-state index in [-0.39, 0.29) is 12.1 Å². The summed E-state index contributed by atoms with van der Waals surface area (Å²) in [6, 6.07) is 12.3. The van der Waals surface area contributed by atoms with Crippen LogP contribution in [0.25, 0.3) is 0 Å². The molecule has 7 nitrogen and oxygen atoms in total. The van der Waals surface area contributed by atoms with Crippen molar-refractivity contribution < 1.29 is 9.15 Å². The fourth-order valence-corrected chi connectivity index (χ4v) is 5.54. The average Bonchev–Trinajstić information content (AvgIpc) is 3.56. The van der Waals surface area contributed by atoms with Crippen LogP contribution in [0.4, 0.5) is 0 Å². The van der Waals surface area contributed by atoms with Gasteiger partial charge in [-0.1, -0.05) is 6.07 Å². The Kier molecular flexibility index (Phi) is 6.99. The van der Waals surface area contributed by atoms with E-state index in [2.05, 4.69) is 50.6 Å². The van der Waals surface area contributed by atoms with Gasteiger partial charge in [0.25, 0.3) is 0 Å². The van der Waals surface area contributed by atoms with Crippen molar-refractivity contribution in [3.8, 4) is 0 Å². The molecule has 0 aliphatic carbocycles. The van der Waals surface area contributed by atoms with E-state index in [0.29, 0.717) is 6.54 Å². The lowest BCUT2D eigenvalue weighted by Gasteiger charge is -2.28. The van der Waals surface area contributed by atoms with Crippen LogP contribution < -0.4 is 5.32 Å². The number of aryl methyl sites for hydroxylation is 1. The van der Waals surface area contributed by atoms with Crippen molar-refractivity contribution in [2.24, 2.45) is 0 Å². The summed E-state index contributed by atoms with van der Waals surface area (Å²) in [6.45, 7) is 10.9. The van der Waals surface area contributed by atoms with Gasteiger partial charge in [-0.05, 0) is 68.4 Å². The summed E-state index contributed by atoms with van der Waals surface area (Å²) >= 11 is 5.82. The Hall–Kier alpha value is -2.68. The predicted octanol–water partition coefficient (Wildman–Crippen LogP) is 3.99. The number of rotatable bonds is 8. The van der Waals surface area contributed by atoms with E-state index in [1.807, 2.05) is 30.5 Å². The molecule has 2 atom stereocenters. The van der Waals surface area contributed by atoms with Crippen molar-refractivity contribution in [2.75, 3.05) is 32.8 Å². The number of hydrogen-bond donors (Lipinski definition) is 1. The molecule has 2 aliphatic heterocycles. The maximum Gasteiger partial charge on any atom is 0.170 e. The van der Waals surface area contributed by atoms with Crippen LogP contribution in [0.15, 0.2) is 53.3 Å². The number of nitrogens with one attached hydrogen (secondary N) is 1. The summed E-state index contributed by atoms with van der Waals surface area (Å²) in [7, 11) is 0. The van der Waals surface area contributed by atoms with E-state index in [0.717, 1.165) is 62.4 Å². The molecule has 0 amide bonds. The zero-order valence-electron chi connectivity index (χ0n) is 19.9. The number of furan rings is 1. The van der Waals surface area contributed by atoms with Gasteiger partial charge < -0.3 is 23.9 Å². The molecule has 34 heavy (non-hydrogen) atoms. The second-order valence-electron chi connectivity index (χ2n) is 9.12. The number of morpholine rings is 1. The van der Waals surface area contributed by atoms with Crippen LogP contribution in [0.5, 0.6) is 0 Å². The molecular weight excluding hydrogens is 446 g/mol. The minimum atomic E-state index is -0.0223. The Bertz CT molecular complexity index is 1090. The van der Waals surface area contributed by atoms with Gasteiger partial charge in [-0.3, -0.25) is 9.88 Å². The Morgan fingerprint density at radius 2 is 1.97 bits per heavy atom. The highest BCUT2D eigenvalue weighted by Crippen LogP contribution is 2.41. The molecule has 2 aliphatic rings. The highest BCUT2D eigenvalue weighted by atomic mass is 32.1. The van der Waals surface area contributed by atoms with Crippen LogP contribution in [0.1, 0.15) is 46.9 Å². The third-order valence-corrected chi connectivity index (χ3v) is 7.35. The summed E-state index contributed by atoms with van der Waals surface area (Å²) in [4.78, 5) is 9.41. The Morgan fingerprint density at radius 3 is 2.71 bits per heavy atom. The molecule has 3 aromatic heterocycles. The fourth-order valence-electron chi connectivity index (χ4n) is 5.23. The largest absolute Gasteiger partial charge is 0.467 e. The first-order valence-electron chi connectivity index (χ1n) is 12.1. The third kappa shape index (κ3) is 4.76. The second kappa shape index (κ2) is 10.3.